The van der Waals surface area contributed by atoms with Crippen molar-refractivity contribution in [2.75, 3.05) is 24.7 Å². The van der Waals surface area contributed by atoms with Crippen LogP contribution in [0.25, 0.3) is 0 Å². The van der Waals surface area contributed by atoms with Crippen LogP contribution in [0.2, 0.25) is 0 Å². The second-order valence-corrected chi connectivity index (χ2v) is 3.05. The SMILES string of the molecule is COCCCSCCl. The van der Waals surface area contributed by atoms with Gasteiger partial charge in [-0.2, -0.15) is 0 Å². The molecule has 0 saturated heterocycles. The third-order valence-corrected chi connectivity index (χ3v) is 1.91. The fraction of sp³-hybridized carbons (Fsp3) is 1.00. The van der Waals surface area contributed by atoms with Crippen LogP contribution in [0.4, 0.5) is 0 Å². The molecule has 0 radical (unpaired) electrons. The van der Waals surface area contributed by atoms with Crippen LogP contribution in [-0.2, 0) is 4.74 Å². The van der Waals surface area contributed by atoms with Gasteiger partial charge in [0.15, 0.2) is 0 Å². The molecule has 0 aliphatic carbocycles. The van der Waals surface area contributed by atoms with Crippen molar-refractivity contribution >= 4 is 23.4 Å². The Labute approximate surface area is 59.7 Å². The Hall–Kier alpha value is 0.600. The molecule has 0 aromatic carbocycles. The molecule has 3 heteroatoms. The van der Waals surface area contributed by atoms with E-state index in [1.165, 1.54) is 0 Å². The number of hydrogen-bond acceptors (Lipinski definition) is 2. The summed E-state index contributed by atoms with van der Waals surface area (Å²) in [5.74, 6) is 1.11. The average Bonchev–Trinajstić information content (AvgIpc) is 1.81. The van der Waals surface area contributed by atoms with E-state index in [0.717, 1.165) is 18.8 Å². The third-order valence-electron chi connectivity index (χ3n) is 0.714. The maximum Gasteiger partial charge on any atom is 0.0680 e. The Morgan fingerprint density at radius 2 is 2.38 bits per heavy atom. The Morgan fingerprint density at radius 1 is 1.62 bits per heavy atom. The smallest absolute Gasteiger partial charge is 0.0680 e. The van der Waals surface area contributed by atoms with Crippen molar-refractivity contribution in [3.63, 3.8) is 0 Å². The largest absolute Gasteiger partial charge is 0.385 e. The van der Waals surface area contributed by atoms with E-state index in [9.17, 15) is 0 Å². The molecule has 0 N–H and O–H groups in total. The van der Waals surface area contributed by atoms with Gasteiger partial charge in [0.2, 0.25) is 0 Å². The number of rotatable bonds is 5. The van der Waals surface area contributed by atoms with Gasteiger partial charge in [0.05, 0.1) is 5.21 Å². The van der Waals surface area contributed by atoms with Crippen LogP contribution in [0.5, 0.6) is 0 Å². The molecular weight excluding hydrogens is 144 g/mol. The number of thioether (sulfide) groups is 1. The monoisotopic (exact) mass is 154 g/mol. The highest BCUT2D eigenvalue weighted by Crippen LogP contribution is 2.03. The molecule has 1 nitrogen and oxygen atoms in total. The fourth-order valence-corrected chi connectivity index (χ4v) is 1.12. The van der Waals surface area contributed by atoms with E-state index >= 15 is 0 Å². The van der Waals surface area contributed by atoms with Crippen LogP contribution in [0.3, 0.4) is 0 Å². The fourth-order valence-electron chi connectivity index (χ4n) is 0.360. The van der Waals surface area contributed by atoms with Gasteiger partial charge in [0.25, 0.3) is 0 Å². The number of alkyl halides is 1. The van der Waals surface area contributed by atoms with Crippen LogP contribution in [0.15, 0.2) is 0 Å². The predicted molar refractivity (Wildman–Crippen MR) is 39.7 cm³/mol. The van der Waals surface area contributed by atoms with E-state index in [-0.39, 0.29) is 0 Å². The Kier molecular flexibility index (Phi) is 8.17. The molecule has 0 amide bonds. The molecule has 8 heavy (non-hydrogen) atoms. The Bertz CT molecular complexity index is 37.4. The zero-order chi connectivity index (χ0) is 6.24. The van der Waals surface area contributed by atoms with E-state index in [0.29, 0.717) is 5.21 Å². The number of ether oxygens (including phenoxy) is 1. The summed E-state index contributed by atoms with van der Waals surface area (Å²) in [5, 5.41) is 0.698. The van der Waals surface area contributed by atoms with Gasteiger partial charge in [-0.3, -0.25) is 0 Å². The zero-order valence-corrected chi connectivity index (χ0v) is 6.60. The summed E-state index contributed by atoms with van der Waals surface area (Å²) in [7, 11) is 1.71. The standard InChI is InChI=1S/C5H11ClOS/c1-7-3-2-4-8-5-6/h2-5H2,1H3. The first-order chi connectivity index (χ1) is 3.91. The molecule has 0 spiro atoms. The van der Waals surface area contributed by atoms with Crippen molar-refractivity contribution in [3.8, 4) is 0 Å². The highest BCUT2D eigenvalue weighted by molar-refractivity contribution is 8.00. The van der Waals surface area contributed by atoms with Crippen LogP contribution >= 0.6 is 23.4 Å². The molecule has 0 heterocycles. The van der Waals surface area contributed by atoms with Gasteiger partial charge < -0.3 is 4.74 Å². The lowest BCUT2D eigenvalue weighted by molar-refractivity contribution is 0.200. The highest BCUT2D eigenvalue weighted by Gasteiger charge is 1.84. The lowest BCUT2D eigenvalue weighted by Crippen LogP contribution is -1.89. The molecule has 50 valence electrons. The summed E-state index contributed by atoms with van der Waals surface area (Å²) in [6.45, 7) is 0.851. The van der Waals surface area contributed by atoms with Gasteiger partial charge in [0.1, 0.15) is 0 Å². The normalized spacial score (nSPS) is 9.75. The van der Waals surface area contributed by atoms with Gasteiger partial charge in [0, 0.05) is 13.7 Å². The minimum atomic E-state index is 0.698. The Balaban J connectivity index is 2.53. The van der Waals surface area contributed by atoms with Crippen molar-refractivity contribution in [1.29, 1.82) is 0 Å². The zero-order valence-electron chi connectivity index (χ0n) is 5.02. The van der Waals surface area contributed by atoms with Gasteiger partial charge in [-0.05, 0) is 12.2 Å². The van der Waals surface area contributed by atoms with E-state index in [1.807, 2.05) is 0 Å². The average molecular weight is 155 g/mol. The van der Waals surface area contributed by atoms with Gasteiger partial charge in [-0.1, -0.05) is 0 Å². The minimum Gasteiger partial charge on any atom is -0.385 e. The molecule has 0 fully saturated rings. The maximum atomic E-state index is 5.40. The number of methoxy groups -OCH3 is 1. The molecule has 0 atom stereocenters. The van der Waals surface area contributed by atoms with Crippen molar-refractivity contribution in [2.24, 2.45) is 0 Å². The van der Waals surface area contributed by atoms with Crippen LogP contribution in [0, 0.1) is 0 Å². The van der Waals surface area contributed by atoms with Gasteiger partial charge >= 0.3 is 0 Å². The first-order valence-corrected chi connectivity index (χ1v) is 4.23. The van der Waals surface area contributed by atoms with Crippen molar-refractivity contribution in [1.82, 2.24) is 0 Å². The summed E-state index contributed by atoms with van der Waals surface area (Å²) >= 11 is 7.14. The molecule has 0 rings (SSSR count). The lowest BCUT2D eigenvalue weighted by atomic mass is 10.5. The Morgan fingerprint density at radius 3 is 2.88 bits per heavy atom. The second kappa shape index (κ2) is 7.60. The van der Waals surface area contributed by atoms with Crippen LogP contribution < -0.4 is 0 Å². The van der Waals surface area contributed by atoms with E-state index in [4.69, 9.17) is 16.3 Å². The molecule has 0 aromatic rings. The van der Waals surface area contributed by atoms with E-state index in [1.54, 1.807) is 18.9 Å². The van der Waals surface area contributed by atoms with Crippen LogP contribution in [0.1, 0.15) is 6.42 Å². The first kappa shape index (κ1) is 8.60. The van der Waals surface area contributed by atoms with Crippen LogP contribution in [-0.4, -0.2) is 24.7 Å². The molecule has 0 aromatic heterocycles. The van der Waals surface area contributed by atoms with Crippen molar-refractivity contribution < 1.29 is 4.74 Å². The van der Waals surface area contributed by atoms with Crippen molar-refractivity contribution in [3.05, 3.63) is 0 Å². The van der Waals surface area contributed by atoms with Gasteiger partial charge in [-0.15, -0.1) is 23.4 Å². The summed E-state index contributed by atoms with van der Waals surface area (Å²) in [6, 6.07) is 0. The molecule has 0 aliphatic heterocycles. The van der Waals surface area contributed by atoms with Gasteiger partial charge in [-0.25, -0.2) is 0 Å². The molecule has 0 saturated carbocycles. The van der Waals surface area contributed by atoms with E-state index < -0.39 is 0 Å². The topological polar surface area (TPSA) is 9.23 Å². The number of halogens is 1. The van der Waals surface area contributed by atoms with E-state index in [2.05, 4.69) is 0 Å². The molecular formula is C5H11ClOS. The third kappa shape index (κ3) is 6.60. The summed E-state index contributed by atoms with van der Waals surface area (Å²) in [6.07, 6.45) is 1.11. The summed E-state index contributed by atoms with van der Waals surface area (Å²) in [4.78, 5) is 0. The van der Waals surface area contributed by atoms with Crippen molar-refractivity contribution in [2.45, 2.75) is 6.42 Å². The summed E-state index contributed by atoms with van der Waals surface area (Å²) in [5.41, 5.74) is 0. The first-order valence-electron chi connectivity index (χ1n) is 2.54. The highest BCUT2D eigenvalue weighted by atomic mass is 35.5. The quantitative estimate of drug-likeness (QED) is 0.442. The maximum absolute atomic E-state index is 5.40. The molecule has 0 aliphatic rings. The number of hydrogen-bond donors (Lipinski definition) is 0. The molecule has 0 unspecified atom stereocenters. The molecule has 0 bridgehead atoms. The minimum absolute atomic E-state index is 0.698. The second-order valence-electron chi connectivity index (χ2n) is 1.36. The lowest BCUT2D eigenvalue weighted by Gasteiger charge is -1.94. The predicted octanol–water partition coefficient (Wildman–Crippen LogP) is 1.95. The summed E-state index contributed by atoms with van der Waals surface area (Å²) < 4.78 is 4.83.